The van der Waals surface area contributed by atoms with Gasteiger partial charge < -0.3 is 4.42 Å². The van der Waals surface area contributed by atoms with Crippen molar-refractivity contribution in [3.05, 3.63) is 86.0 Å². The predicted octanol–water partition coefficient (Wildman–Crippen LogP) is 6.47. The van der Waals surface area contributed by atoms with Crippen LogP contribution in [0.2, 0.25) is 5.02 Å². The normalized spacial score (nSPS) is 12.7. The SMILES string of the molecule is CC[C@@H](C)c1nc2ccc(Br)cc2c(=O)n1N=Cc1ccc(-c2cccc(Cl)c2)o1. The summed E-state index contributed by atoms with van der Waals surface area (Å²) in [6, 6.07) is 16.6. The minimum Gasteiger partial charge on any atom is -0.455 e. The second kappa shape index (κ2) is 8.58. The van der Waals surface area contributed by atoms with E-state index >= 15 is 0 Å². The van der Waals surface area contributed by atoms with E-state index in [1.807, 2.05) is 49.4 Å². The Morgan fingerprint density at radius 3 is 2.83 bits per heavy atom. The van der Waals surface area contributed by atoms with Gasteiger partial charge in [-0.15, -0.1) is 0 Å². The molecule has 0 saturated heterocycles. The fraction of sp³-hybridized carbons (Fsp3) is 0.174. The van der Waals surface area contributed by atoms with Crippen LogP contribution in [0.4, 0.5) is 0 Å². The maximum absolute atomic E-state index is 13.2. The molecule has 0 fully saturated rings. The number of fused-ring (bicyclic) bond motifs is 1. The zero-order valence-corrected chi connectivity index (χ0v) is 18.8. The van der Waals surface area contributed by atoms with Gasteiger partial charge in [-0.2, -0.15) is 9.78 Å². The van der Waals surface area contributed by atoms with Crippen LogP contribution in [0, 0.1) is 0 Å². The van der Waals surface area contributed by atoms with E-state index in [0.29, 0.717) is 33.3 Å². The maximum atomic E-state index is 13.2. The van der Waals surface area contributed by atoms with Gasteiger partial charge in [0.25, 0.3) is 5.56 Å². The Bertz CT molecular complexity index is 1310. The summed E-state index contributed by atoms with van der Waals surface area (Å²) in [5.74, 6) is 1.90. The van der Waals surface area contributed by atoms with E-state index in [1.165, 1.54) is 10.9 Å². The predicted molar refractivity (Wildman–Crippen MR) is 125 cm³/mol. The smallest absolute Gasteiger partial charge is 0.282 e. The van der Waals surface area contributed by atoms with Gasteiger partial charge in [0.1, 0.15) is 17.3 Å². The number of halogens is 2. The van der Waals surface area contributed by atoms with Gasteiger partial charge in [0, 0.05) is 21.0 Å². The van der Waals surface area contributed by atoms with Crippen LogP contribution in [-0.2, 0) is 0 Å². The van der Waals surface area contributed by atoms with E-state index in [4.69, 9.17) is 21.0 Å². The Morgan fingerprint density at radius 2 is 2.07 bits per heavy atom. The van der Waals surface area contributed by atoms with Crippen molar-refractivity contribution < 1.29 is 4.42 Å². The summed E-state index contributed by atoms with van der Waals surface area (Å²) in [6.07, 6.45) is 2.37. The van der Waals surface area contributed by atoms with Crippen molar-refractivity contribution in [1.29, 1.82) is 0 Å². The quantitative estimate of drug-likeness (QED) is 0.305. The van der Waals surface area contributed by atoms with E-state index in [1.54, 1.807) is 12.1 Å². The highest BCUT2D eigenvalue weighted by atomic mass is 79.9. The lowest BCUT2D eigenvalue weighted by molar-refractivity contribution is 0.571. The highest BCUT2D eigenvalue weighted by Crippen LogP contribution is 2.25. The average molecular weight is 485 g/mol. The molecule has 2 aromatic carbocycles. The standard InChI is InChI=1S/C23H19BrClN3O2/c1-3-14(2)22-27-20-9-7-16(24)12-19(20)23(29)28(22)26-13-18-8-10-21(30-18)15-5-4-6-17(25)11-15/h4-14H,3H2,1-2H3/t14-/m1/s1. The largest absolute Gasteiger partial charge is 0.455 e. The minimum absolute atomic E-state index is 0.0709. The lowest BCUT2D eigenvalue weighted by Gasteiger charge is -2.13. The molecule has 0 aliphatic carbocycles. The average Bonchev–Trinajstić information content (AvgIpc) is 3.22. The molecule has 7 heteroatoms. The van der Waals surface area contributed by atoms with Crippen LogP contribution >= 0.6 is 27.5 Å². The van der Waals surface area contributed by atoms with Gasteiger partial charge in [-0.25, -0.2) is 4.98 Å². The molecule has 2 aromatic heterocycles. The second-order valence-corrected chi connectivity index (χ2v) is 8.37. The minimum atomic E-state index is -0.213. The maximum Gasteiger partial charge on any atom is 0.282 e. The Kier molecular flexibility index (Phi) is 5.88. The fourth-order valence-electron chi connectivity index (χ4n) is 3.11. The van der Waals surface area contributed by atoms with Gasteiger partial charge in [0.2, 0.25) is 0 Å². The van der Waals surface area contributed by atoms with Crippen molar-refractivity contribution in [2.24, 2.45) is 5.10 Å². The lowest BCUT2D eigenvalue weighted by Crippen LogP contribution is -2.23. The molecule has 0 saturated carbocycles. The zero-order chi connectivity index (χ0) is 21.3. The van der Waals surface area contributed by atoms with Crippen LogP contribution in [0.1, 0.15) is 37.8 Å². The molecule has 0 aliphatic heterocycles. The monoisotopic (exact) mass is 483 g/mol. The number of furan rings is 1. The van der Waals surface area contributed by atoms with E-state index < -0.39 is 0 Å². The van der Waals surface area contributed by atoms with Crippen LogP contribution < -0.4 is 5.56 Å². The molecule has 5 nitrogen and oxygen atoms in total. The first-order chi connectivity index (χ1) is 14.5. The molecule has 0 amide bonds. The molecular formula is C23H19BrClN3O2. The number of aromatic nitrogens is 2. The highest BCUT2D eigenvalue weighted by molar-refractivity contribution is 9.10. The third-order valence-electron chi connectivity index (χ3n) is 4.92. The van der Waals surface area contributed by atoms with Crippen molar-refractivity contribution in [2.45, 2.75) is 26.2 Å². The molecule has 4 rings (SSSR count). The molecule has 30 heavy (non-hydrogen) atoms. The van der Waals surface area contributed by atoms with Crippen LogP contribution in [0.25, 0.3) is 22.2 Å². The third kappa shape index (κ3) is 4.11. The number of rotatable bonds is 5. The molecule has 2 heterocycles. The second-order valence-electron chi connectivity index (χ2n) is 7.01. The molecule has 4 aromatic rings. The summed E-state index contributed by atoms with van der Waals surface area (Å²) in [4.78, 5) is 17.9. The number of hydrogen-bond donors (Lipinski definition) is 0. The molecular weight excluding hydrogens is 466 g/mol. The van der Waals surface area contributed by atoms with Gasteiger partial charge in [0.15, 0.2) is 0 Å². The fourth-order valence-corrected chi connectivity index (χ4v) is 3.66. The molecule has 1 atom stereocenters. The lowest BCUT2D eigenvalue weighted by atomic mass is 10.1. The summed E-state index contributed by atoms with van der Waals surface area (Å²) in [5.41, 5.74) is 1.32. The molecule has 0 radical (unpaired) electrons. The molecule has 0 unspecified atom stereocenters. The van der Waals surface area contributed by atoms with Crippen molar-refractivity contribution in [1.82, 2.24) is 9.66 Å². The first-order valence-corrected chi connectivity index (χ1v) is 10.8. The Hall–Kier alpha value is -2.70. The van der Waals surface area contributed by atoms with Gasteiger partial charge in [-0.3, -0.25) is 4.79 Å². The Labute approximate surface area is 187 Å². The number of hydrogen-bond acceptors (Lipinski definition) is 4. The van der Waals surface area contributed by atoms with Gasteiger partial charge in [-0.05, 0) is 48.9 Å². The summed E-state index contributed by atoms with van der Waals surface area (Å²) < 4.78 is 8.05. The van der Waals surface area contributed by atoms with Crippen LogP contribution in [-0.4, -0.2) is 15.9 Å². The van der Waals surface area contributed by atoms with Crippen molar-refractivity contribution >= 4 is 44.6 Å². The molecule has 0 spiro atoms. The van der Waals surface area contributed by atoms with Gasteiger partial charge >= 0.3 is 0 Å². The topological polar surface area (TPSA) is 60.4 Å². The van der Waals surface area contributed by atoms with Crippen LogP contribution in [0.15, 0.2) is 73.4 Å². The summed E-state index contributed by atoms with van der Waals surface area (Å²) in [6.45, 7) is 4.09. The zero-order valence-electron chi connectivity index (χ0n) is 16.5. The number of nitrogens with zero attached hydrogens (tertiary/aromatic N) is 3. The Morgan fingerprint density at radius 1 is 1.23 bits per heavy atom. The molecule has 0 aliphatic rings. The Balaban J connectivity index is 1.77. The van der Waals surface area contributed by atoms with E-state index in [2.05, 4.69) is 28.0 Å². The van der Waals surface area contributed by atoms with Crippen molar-refractivity contribution in [3.8, 4) is 11.3 Å². The van der Waals surface area contributed by atoms with Gasteiger partial charge in [-0.1, -0.05) is 53.5 Å². The van der Waals surface area contributed by atoms with E-state index in [0.717, 1.165) is 16.5 Å². The first-order valence-electron chi connectivity index (χ1n) is 9.58. The number of benzene rings is 2. The summed E-state index contributed by atoms with van der Waals surface area (Å²) >= 11 is 9.48. The van der Waals surface area contributed by atoms with Crippen LogP contribution in [0.5, 0.6) is 0 Å². The van der Waals surface area contributed by atoms with Crippen molar-refractivity contribution in [3.63, 3.8) is 0 Å². The highest BCUT2D eigenvalue weighted by Gasteiger charge is 2.15. The summed E-state index contributed by atoms with van der Waals surface area (Å²) in [5, 5.41) is 5.57. The third-order valence-corrected chi connectivity index (χ3v) is 5.65. The van der Waals surface area contributed by atoms with E-state index in [9.17, 15) is 4.79 Å². The molecule has 0 bridgehead atoms. The van der Waals surface area contributed by atoms with E-state index in [-0.39, 0.29) is 11.5 Å². The molecule has 0 N–H and O–H groups in total. The summed E-state index contributed by atoms with van der Waals surface area (Å²) in [7, 11) is 0. The first kappa shape index (κ1) is 20.6. The van der Waals surface area contributed by atoms with Crippen LogP contribution in [0.3, 0.4) is 0 Å². The van der Waals surface area contributed by atoms with Gasteiger partial charge in [0.05, 0.1) is 17.1 Å². The molecule has 152 valence electrons. The van der Waals surface area contributed by atoms with Crippen molar-refractivity contribution in [2.75, 3.05) is 0 Å².